The zero-order valence-electron chi connectivity index (χ0n) is 9.34. The summed E-state index contributed by atoms with van der Waals surface area (Å²) < 4.78 is 0. The number of nitrogens with one attached hydrogen (secondary N) is 1. The maximum Gasteiger partial charge on any atom is 0.184 e. The molecule has 0 aliphatic carbocycles. The molecular formula is C10H21N3S. The maximum absolute atomic E-state index is 5.30. The summed E-state index contributed by atoms with van der Waals surface area (Å²) in [4.78, 5) is 0. The lowest BCUT2D eigenvalue weighted by Gasteiger charge is -2.12. The van der Waals surface area contributed by atoms with Gasteiger partial charge in [0.15, 0.2) is 5.11 Å². The smallest absolute Gasteiger partial charge is 0.184 e. The van der Waals surface area contributed by atoms with Crippen LogP contribution in [-0.2, 0) is 0 Å². The van der Waals surface area contributed by atoms with E-state index in [0.717, 1.165) is 24.5 Å². The van der Waals surface area contributed by atoms with E-state index in [1.54, 1.807) is 0 Å². The Morgan fingerprint density at radius 3 is 2.29 bits per heavy atom. The highest BCUT2D eigenvalue weighted by atomic mass is 32.1. The minimum atomic E-state index is 0.237. The molecule has 0 radical (unpaired) electrons. The second kappa shape index (κ2) is 7.74. The summed E-state index contributed by atoms with van der Waals surface area (Å²) in [5.41, 5.74) is 9.10. The summed E-state index contributed by atoms with van der Waals surface area (Å²) in [7, 11) is 0. The van der Waals surface area contributed by atoms with Crippen molar-refractivity contribution in [3.8, 4) is 0 Å². The van der Waals surface area contributed by atoms with E-state index in [4.69, 9.17) is 18.0 Å². The van der Waals surface area contributed by atoms with Crippen LogP contribution in [0.1, 0.15) is 46.5 Å². The van der Waals surface area contributed by atoms with E-state index in [0.29, 0.717) is 0 Å². The fraction of sp³-hybridized carbons (Fsp3) is 0.800. The Balaban J connectivity index is 4.12. The average molecular weight is 215 g/mol. The Morgan fingerprint density at radius 2 is 1.93 bits per heavy atom. The molecule has 0 amide bonds. The third-order valence-corrected chi connectivity index (χ3v) is 2.50. The van der Waals surface area contributed by atoms with Gasteiger partial charge in [0, 0.05) is 5.71 Å². The van der Waals surface area contributed by atoms with Crippen molar-refractivity contribution in [2.45, 2.75) is 46.5 Å². The largest absolute Gasteiger partial charge is 0.375 e. The topological polar surface area (TPSA) is 50.4 Å². The predicted molar refractivity (Wildman–Crippen MR) is 66.3 cm³/mol. The second-order valence-corrected chi connectivity index (χ2v) is 3.83. The molecule has 0 unspecified atom stereocenters. The van der Waals surface area contributed by atoms with Crippen molar-refractivity contribution in [3.63, 3.8) is 0 Å². The van der Waals surface area contributed by atoms with Crippen molar-refractivity contribution in [2.24, 2.45) is 16.8 Å². The molecule has 0 atom stereocenters. The lowest BCUT2D eigenvalue weighted by Crippen LogP contribution is -2.25. The van der Waals surface area contributed by atoms with Crippen LogP contribution in [0.3, 0.4) is 0 Å². The number of nitrogens with two attached hydrogens (primary N) is 1. The summed E-state index contributed by atoms with van der Waals surface area (Å²) >= 11 is 4.69. The lowest BCUT2D eigenvalue weighted by molar-refractivity contribution is 0.508. The van der Waals surface area contributed by atoms with Crippen LogP contribution < -0.4 is 11.2 Å². The standard InChI is InChI=1S/C10H21N3S/c1-4-8(5-2)7-9(6-3)12-13-10(11)14/h8H,4-7H2,1-3H3,(H3,11,13,14)/b12-9-. The molecule has 0 bridgehead atoms. The number of rotatable bonds is 6. The van der Waals surface area contributed by atoms with Crippen molar-refractivity contribution in [3.05, 3.63) is 0 Å². The number of thiocarbonyl (C=S) groups is 1. The van der Waals surface area contributed by atoms with E-state index in [1.807, 2.05) is 0 Å². The van der Waals surface area contributed by atoms with E-state index >= 15 is 0 Å². The minimum Gasteiger partial charge on any atom is -0.375 e. The molecule has 82 valence electrons. The quantitative estimate of drug-likeness (QED) is 0.406. The van der Waals surface area contributed by atoms with Crippen molar-refractivity contribution < 1.29 is 0 Å². The van der Waals surface area contributed by atoms with Gasteiger partial charge in [-0.3, -0.25) is 5.43 Å². The first kappa shape index (κ1) is 13.4. The number of hydrogen-bond acceptors (Lipinski definition) is 2. The Labute approximate surface area is 92.1 Å². The molecule has 0 saturated carbocycles. The van der Waals surface area contributed by atoms with Crippen LogP contribution >= 0.6 is 12.2 Å². The van der Waals surface area contributed by atoms with Crippen LogP contribution in [0.25, 0.3) is 0 Å². The molecule has 0 aromatic heterocycles. The van der Waals surface area contributed by atoms with Gasteiger partial charge in [0.1, 0.15) is 0 Å². The number of hydrazone groups is 1. The molecule has 0 aliphatic rings. The average Bonchev–Trinajstić information content (AvgIpc) is 2.18. The van der Waals surface area contributed by atoms with Crippen molar-refractivity contribution in [1.29, 1.82) is 0 Å². The molecule has 3 nitrogen and oxygen atoms in total. The van der Waals surface area contributed by atoms with Crippen molar-refractivity contribution in [1.82, 2.24) is 5.43 Å². The van der Waals surface area contributed by atoms with Gasteiger partial charge in [0.05, 0.1) is 0 Å². The summed E-state index contributed by atoms with van der Waals surface area (Å²) in [6.07, 6.45) is 4.39. The van der Waals surface area contributed by atoms with Crippen LogP contribution in [0.15, 0.2) is 5.10 Å². The molecule has 0 saturated heterocycles. The van der Waals surface area contributed by atoms with Crippen LogP contribution in [-0.4, -0.2) is 10.8 Å². The number of hydrogen-bond donors (Lipinski definition) is 2. The van der Waals surface area contributed by atoms with Gasteiger partial charge in [0.2, 0.25) is 0 Å². The van der Waals surface area contributed by atoms with Crippen molar-refractivity contribution in [2.75, 3.05) is 0 Å². The Bertz CT molecular complexity index is 198. The first-order chi connectivity index (χ1) is 6.63. The van der Waals surface area contributed by atoms with Gasteiger partial charge >= 0.3 is 0 Å². The van der Waals surface area contributed by atoms with Crippen LogP contribution in [0.4, 0.5) is 0 Å². The summed E-state index contributed by atoms with van der Waals surface area (Å²) in [6, 6.07) is 0. The van der Waals surface area contributed by atoms with E-state index < -0.39 is 0 Å². The first-order valence-corrected chi connectivity index (χ1v) is 5.65. The Kier molecular flexibility index (Phi) is 7.38. The molecule has 0 aromatic carbocycles. The SMILES string of the molecule is CC/C(CC(CC)CC)=N/NC(N)=S. The maximum atomic E-state index is 5.30. The fourth-order valence-electron chi connectivity index (χ4n) is 1.31. The highest BCUT2D eigenvalue weighted by molar-refractivity contribution is 7.80. The van der Waals surface area contributed by atoms with E-state index in [9.17, 15) is 0 Å². The zero-order chi connectivity index (χ0) is 11.0. The van der Waals surface area contributed by atoms with Crippen LogP contribution in [0.5, 0.6) is 0 Å². The Morgan fingerprint density at radius 1 is 1.36 bits per heavy atom. The molecule has 4 heteroatoms. The van der Waals surface area contributed by atoms with Gasteiger partial charge in [-0.1, -0.05) is 33.6 Å². The van der Waals surface area contributed by atoms with E-state index in [1.165, 1.54) is 12.8 Å². The summed E-state index contributed by atoms with van der Waals surface area (Å²) in [6.45, 7) is 6.52. The molecule has 3 N–H and O–H groups in total. The summed E-state index contributed by atoms with van der Waals surface area (Å²) in [5, 5.41) is 4.41. The van der Waals surface area contributed by atoms with Gasteiger partial charge in [-0.05, 0) is 31.0 Å². The van der Waals surface area contributed by atoms with Gasteiger partial charge in [0.25, 0.3) is 0 Å². The molecular weight excluding hydrogens is 194 g/mol. The fourth-order valence-corrected chi connectivity index (χ4v) is 1.36. The predicted octanol–water partition coefficient (Wildman–Crippen LogP) is 2.41. The lowest BCUT2D eigenvalue weighted by atomic mass is 9.96. The summed E-state index contributed by atoms with van der Waals surface area (Å²) in [5.74, 6) is 0.724. The Hall–Kier alpha value is -0.640. The molecule has 0 heterocycles. The third-order valence-electron chi connectivity index (χ3n) is 2.41. The zero-order valence-corrected chi connectivity index (χ0v) is 10.2. The molecule has 0 spiro atoms. The monoisotopic (exact) mass is 215 g/mol. The molecule has 0 fully saturated rings. The molecule has 0 aromatic rings. The van der Waals surface area contributed by atoms with E-state index in [2.05, 4.69) is 31.3 Å². The highest BCUT2D eigenvalue weighted by Gasteiger charge is 2.07. The van der Waals surface area contributed by atoms with Gasteiger partial charge in [-0.2, -0.15) is 5.10 Å². The first-order valence-electron chi connectivity index (χ1n) is 5.24. The molecule has 14 heavy (non-hydrogen) atoms. The molecule has 0 rings (SSSR count). The van der Waals surface area contributed by atoms with E-state index in [-0.39, 0.29) is 5.11 Å². The number of nitrogens with zero attached hydrogens (tertiary/aromatic N) is 1. The molecule has 0 aliphatic heterocycles. The van der Waals surface area contributed by atoms with Gasteiger partial charge in [-0.25, -0.2) is 0 Å². The van der Waals surface area contributed by atoms with Gasteiger partial charge in [-0.15, -0.1) is 0 Å². The normalized spacial score (nSPS) is 11.9. The van der Waals surface area contributed by atoms with Crippen LogP contribution in [0.2, 0.25) is 0 Å². The minimum absolute atomic E-state index is 0.237. The van der Waals surface area contributed by atoms with Gasteiger partial charge < -0.3 is 5.73 Å². The highest BCUT2D eigenvalue weighted by Crippen LogP contribution is 2.14. The second-order valence-electron chi connectivity index (χ2n) is 3.39. The van der Waals surface area contributed by atoms with Crippen molar-refractivity contribution >= 4 is 23.0 Å². The van der Waals surface area contributed by atoms with Crippen LogP contribution in [0, 0.1) is 5.92 Å². The third kappa shape index (κ3) is 5.91.